The number of β-amino-alcohol motifs (C(OH)–C–C–N with tert-alkyl or cyclic N) is 1. The molecule has 0 unspecified atom stereocenters. The van der Waals surface area contributed by atoms with E-state index in [0.717, 1.165) is 19.3 Å². The molecule has 4 nitrogen and oxygen atoms in total. The largest absolute Gasteiger partial charge is 0.389 e. The third-order valence-corrected chi connectivity index (χ3v) is 3.39. The van der Waals surface area contributed by atoms with E-state index in [1.807, 2.05) is 0 Å². The number of carbonyl (C=O) groups excluding carboxylic acids is 1. The fourth-order valence-corrected chi connectivity index (χ4v) is 2.07. The van der Waals surface area contributed by atoms with Crippen LogP contribution in [0.5, 0.6) is 0 Å². The summed E-state index contributed by atoms with van der Waals surface area (Å²) in [5.74, 6) is 0.122. The number of likely N-dealkylation sites (tertiary alicyclic amines) is 1. The average molecular weight is 199 g/mol. The number of carbonyl (C=O) groups is 1. The van der Waals surface area contributed by atoms with Crippen LogP contribution in [0, 0.1) is 0 Å². The summed E-state index contributed by atoms with van der Waals surface area (Å²) in [7, 11) is 1.68. The van der Waals surface area contributed by atoms with E-state index in [1.165, 1.54) is 0 Å². The van der Waals surface area contributed by atoms with E-state index in [1.54, 1.807) is 12.0 Å². The van der Waals surface area contributed by atoms with E-state index in [0.29, 0.717) is 19.5 Å². The summed E-state index contributed by atoms with van der Waals surface area (Å²) in [5, 5.41) is 9.07. The monoisotopic (exact) mass is 199 g/mol. The molecule has 0 aromatic rings. The fraction of sp³-hybridized carbons (Fsp3) is 0.900. The smallest absolute Gasteiger partial charge is 0.225 e. The second-order valence-corrected chi connectivity index (χ2v) is 4.37. The normalized spacial score (nSPS) is 25.4. The molecular formula is C10H17NO3. The van der Waals surface area contributed by atoms with Gasteiger partial charge in [0.2, 0.25) is 5.91 Å². The average Bonchev–Trinajstić information content (AvgIpc) is 2.05. The van der Waals surface area contributed by atoms with Crippen LogP contribution in [-0.2, 0) is 9.53 Å². The number of amides is 1. The van der Waals surface area contributed by atoms with Crippen molar-refractivity contribution in [2.24, 2.45) is 0 Å². The topological polar surface area (TPSA) is 49.8 Å². The quantitative estimate of drug-likeness (QED) is 0.704. The van der Waals surface area contributed by atoms with Crippen molar-refractivity contribution in [1.29, 1.82) is 0 Å². The van der Waals surface area contributed by atoms with Crippen LogP contribution in [0.2, 0.25) is 0 Å². The van der Waals surface area contributed by atoms with E-state index < -0.39 is 0 Å². The Morgan fingerprint density at radius 2 is 2.21 bits per heavy atom. The van der Waals surface area contributed by atoms with Crippen LogP contribution in [-0.4, -0.2) is 47.8 Å². The van der Waals surface area contributed by atoms with Gasteiger partial charge in [0.1, 0.15) is 0 Å². The Balaban J connectivity index is 1.82. The van der Waals surface area contributed by atoms with Crippen molar-refractivity contribution in [2.75, 3.05) is 20.2 Å². The molecule has 2 rings (SSSR count). The highest BCUT2D eigenvalue weighted by atomic mass is 16.5. The Morgan fingerprint density at radius 1 is 1.57 bits per heavy atom. The van der Waals surface area contributed by atoms with Crippen molar-refractivity contribution < 1.29 is 14.6 Å². The second-order valence-electron chi connectivity index (χ2n) is 4.37. The first-order valence-electron chi connectivity index (χ1n) is 5.16. The highest BCUT2D eigenvalue weighted by Gasteiger charge is 2.41. The number of aliphatic hydroxyl groups excluding tert-OH is 1. The van der Waals surface area contributed by atoms with Crippen molar-refractivity contribution in [1.82, 2.24) is 4.90 Å². The molecule has 1 aliphatic heterocycles. The van der Waals surface area contributed by atoms with Crippen LogP contribution in [0.25, 0.3) is 0 Å². The predicted molar refractivity (Wildman–Crippen MR) is 50.8 cm³/mol. The number of aliphatic hydroxyl groups is 1. The minimum absolute atomic E-state index is 0.122. The Hall–Kier alpha value is -0.610. The van der Waals surface area contributed by atoms with Crippen molar-refractivity contribution in [2.45, 2.75) is 37.4 Å². The van der Waals surface area contributed by atoms with Gasteiger partial charge < -0.3 is 14.7 Å². The summed E-state index contributed by atoms with van der Waals surface area (Å²) in [4.78, 5) is 13.4. The molecule has 2 fully saturated rings. The molecule has 1 amide bonds. The van der Waals surface area contributed by atoms with Gasteiger partial charge in [-0.2, -0.15) is 0 Å². The van der Waals surface area contributed by atoms with E-state index in [-0.39, 0.29) is 17.6 Å². The van der Waals surface area contributed by atoms with Gasteiger partial charge in [0.15, 0.2) is 0 Å². The van der Waals surface area contributed by atoms with Crippen molar-refractivity contribution in [3.63, 3.8) is 0 Å². The van der Waals surface area contributed by atoms with E-state index >= 15 is 0 Å². The third-order valence-electron chi connectivity index (χ3n) is 3.39. The lowest BCUT2D eigenvalue weighted by molar-refractivity contribution is -0.153. The zero-order chi connectivity index (χ0) is 10.2. The summed E-state index contributed by atoms with van der Waals surface area (Å²) < 4.78 is 5.38. The number of ether oxygens (including phenoxy) is 1. The summed E-state index contributed by atoms with van der Waals surface area (Å²) >= 11 is 0. The molecule has 1 N–H and O–H groups in total. The molecule has 1 aliphatic carbocycles. The molecule has 0 bridgehead atoms. The van der Waals surface area contributed by atoms with E-state index in [2.05, 4.69) is 0 Å². The maximum absolute atomic E-state index is 11.7. The van der Waals surface area contributed by atoms with Crippen LogP contribution >= 0.6 is 0 Å². The van der Waals surface area contributed by atoms with E-state index in [9.17, 15) is 4.79 Å². The zero-order valence-corrected chi connectivity index (χ0v) is 8.53. The predicted octanol–water partition coefficient (Wildman–Crippen LogP) is 0.149. The van der Waals surface area contributed by atoms with Gasteiger partial charge in [-0.25, -0.2) is 0 Å². The lowest BCUT2D eigenvalue weighted by Crippen LogP contribution is -2.56. The van der Waals surface area contributed by atoms with Gasteiger partial charge in [0.05, 0.1) is 18.1 Å². The summed E-state index contributed by atoms with van der Waals surface area (Å²) in [5.41, 5.74) is -0.183. The molecular weight excluding hydrogens is 182 g/mol. The van der Waals surface area contributed by atoms with Gasteiger partial charge in [-0.15, -0.1) is 0 Å². The minimum Gasteiger partial charge on any atom is -0.389 e. The summed E-state index contributed by atoms with van der Waals surface area (Å²) in [6, 6.07) is 0. The minimum atomic E-state index is -0.307. The summed E-state index contributed by atoms with van der Waals surface area (Å²) in [6.45, 7) is 0.997. The highest BCUT2D eigenvalue weighted by Crippen LogP contribution is 2.38. The van der Waals surface area contributed by atoms with Gasteiger partial charge >= 0.3 is 0 Å². The number of hydrogen-bond donors (Lipinski definition) is 1. The van der Waals surface area contributed by atoms with Gasteiger partial charge in [0.25, 0.3) is 0 Å². The molecule has 0 spiro atoms. The Labute approximate surface area is 83.8 Å². The molecule has 1 heterocycles. The van der Waals surface area contributed by atoms with Gasteiger partial charge in [-0.1, -0.05) is 0 Å². The van der Waals surface area contributed by atoms with Crippen LogP contribution in [0.15, 0.2) is 0 Å². The molecule has 14 heavy (non-hydrogen) atoms. The zero-order valence-electron chi connectivity index (χ0n) is 8.53. The van der Waals surface area contributed by atoms with Crippen molar-refractivity contribution in [3.8, 4) is 0 Å². The highest BCUT2D eigenvalue weighted by molar-refractivity contribution is 5.78. The Bertz CT molecular complexity index is 226. The number of nitrogens with zero attached hydrogens (tertiary/aromatic N) is 1. The van der Waals surface area contributed by atoms with Gasteiger partial charge in [-0.3, -0.25) is 4.79 Å². The molecule has 4 heteroatoms. The van der Waals surface area contributed by atoms with Crippen LogP contribution in [0.1, 0.15) is 25.7 Å². The lowest BCUT2D eigenvalue weighted by Gasteiger charge is -2.43. The molecule has 0 aromatic carbocycles. The number of rotatable bonds is 3. The number of methoxy groups -OCH3 is 1. The molecule has 0 atom stereocenters. The maximum Gasteiger partial charge on any atom is 0.225 e. The second kappa shape index (κ2) is 3.51. The molecule has 1 saturated carbocycles. The van der Waals surface area contributed by atoms with E-state index in [4.69, 9.17) is 9.84 Å². The first-order valence-corrected chi connectivity index (χ1v) is 5.16. The Kier molecular flexibility index (Phi) is 2.49. The van der Waals surface area contributed by atoms with Crippen molar-refractivity contribution >= 4 is 5.91 Å². The first kappa shape index (κ1) is 9.93. The van der Waals surface area contributed by atoms with Gasteiger partial charge in [-0.05, 0) is 19.3 Å². The molecule has 0 aromatic heterocycles. The molecule has 80 valence electrons. The molecule has 1 saturated heterocycles. The maximum atomic E-state index is 11.7. The first-order chi connectivity index (χ1) is 6.65. The van der Waals surface area contributed by atoms with Crippen LogP contribution in [0.3, 0.4) is 0 Å². The lowest BCUT2D eigenvalue weighted by atomic mass is 9.77. The third kappa shape index (κ3) is 1.64. The SMILES string of the molecule is COC1(CC(=O)N2CC(O)C2)CCC1. The van der Waals surface area contributed by atoms with Crippen molar-refractivity contribution in [3.05, 3.63) is 0 Å². The van der Waals surface area contributed by atoms with Crippen LogP contribution < -0.4 is 0 Å². The van der Waals surface area contributed by atoms with Gasteiger partial charge in [0, 0.05) is 20.2 Å². The standard InChI is InChI=1S/C10H17NO3/c1-14-10(3-2-4-10)5-9(13)11-6-8(12)7-11/h8,12H,2-7H2,1H3. The Morgan fingerprint density at radius 3 is 2.57 bits per heavy atom. The van der Waals surface area contributed by atoms with Crippen LogP contribution in [0.4, 0.5) is 0 Å². The molecule has 2 aliphatic rings. The number of hydrogen-bond acceptors (Lipinski definition) is 3. The fourth-order valence-electron chi connectivity index (χ4n) is 2.07. The summed E-state index contributed by atoms with van der Waals surface area (Å²) in [6.07, 6.45) is 3.32. The molecule has 0 radical (unpaired) electrons.